The lowest BCUT2D eigenvalue weighted by atomic mass is 10.1. The molecule has 0 aliphatic rings. The minimum atomic E-state index is 0. The smallest absolute Gasteiger partial charge is 0.125 e. The van der Waals surface area contributed by atoms with Gasteiger partial charge in [0, 0.05) is 12.6 Å². The highest BCUT2D eigenvalue weighted by Gasteiger charge is 2.10. The fourth-order valence-electron chi connectivity index (χ4n) is 1.94. The molecular formula is C15H26ClNO2. The van der Waals surface area contributed by atoms with Crippen molar-refractivity contribution in [2.45, 2.75) is 33.7 Å². The Morgan fingerprint density at radius 2 is 1.79 bits per heavy atom. The number of aliphatic hydroxyl groups is 1. The van der Waals surface area contributed by atoms with Crippen molar-refractivity contribution in [3.63, 3.8) is 0 Å². The van der Waals surface area contributed by atoms with Gasteiger partial charge in [0.05, 0.1) is 6.61 Å². The number of hydrogen-bond donors (Lipinski definition) is 2. The molecule has 1 aromatic carbocycles. The van der Waals surface area contributed by atoms with Gasteiger partial charge in [0.15, 0.2) is 0 Å². The van der Waals surface area contributed by atoms with Crippen LogP contribution in [0.2, 0.25) is 0 Å². The maximum absolute atomic E-state index is 9.20. The van der Waals surface area contributed by atoms with E-state index in [4.69, 9.17) is 4.74 Å². The van der Waals surface area contributed by atoms with Gasteiger partial charge in [0.1, 0.15) is 12.4 Å². The third kappa shape index (κ3) is 5.81. The molecule has 0 spiro atoms. The molecule has 3 nitrogen and oxygen atoms in total. The van der Waals surface area contributed by atoms with Crippen LogP contribution in [0.3, 0.4) is 0 Å². The van der Waals surface area contributed by atoms with Crippen molar-refractivity contribution in [3.8, 4) is 5.75 Å². The highest BCUT2D eigenvalue weighted by Crippen LogP contribution is 2.21. The van der Waals surface area contributed by atoms with Gasteiger partial charge < -0.3 is 15.2 Å². The average molecular weight is 288 g/mol. The Morgan fingerprint density at radius 1 is 1.21 bits per heavy atom. The van der Waals surface area contributed by atoms with Gasteiger partial charge in [-0.05, 0) is 30.9 Å². The van der Waals surface area contributed by atoms with Crippen LogP contribution in [0, 0.1) is 19.8 Å². The van der Waals surface area contributed by atoms with Crippen molar-refractivity contribution in [1.82, 2.24) is 5.32 Å². The van der Waals surface area contributed by atoms with Gasteiger partial charge >= 0.3 is 0 Å². The third-order valence-corrected chi connectivity index (χ3v) is 3.17. The van der Waals surface area contributed by atoms with Crippen molar-refractivity contribution in [1.29, 1.82) is 0 Å². The molecule has 0 saturated carbocycles. The number of rotatable bonds is 7. The molecule has 0 aliphatic carbocycles. The van der Waals surface area contributed by atoms with Crippen molar-refractivity contribution < 1.29 is 9.84 Å². The largest absolute Gasteiger partial charge is 0.492 e. The van der Waals surface area contributed by atoms with Gasteiger partial charge in [-0.2, -0.15) is 0 Å². The molecule has 19 heavy (non-hydrogen) atoms. The van der Waals surface area contributed by atoms with E-state index in [-0.39, 0.29) is 25.1 Å². The lowest BCUT2D eigenvalue weighted by Gasteiger charge is -2.20. The number of aliphatic hydroxyl groups excluding tert-OH is 1. The van der Waals surface area contributed by atoms with E-state index in [0.29, 0.717) is 12.5 Å². The second kappa shape index (κ2) is 9.18. The fourth-order valence-corrected chi connectivity index (χ4v) is 1.94. The zero-order chi connectivity index (χ0) is 13.5. The van der Waals surface area contributed by atoms with Crippen molar-refractivity contribution >= 4 is 12.4 Å². The highest BCUT2D eigenvalue weighted by molar-refractivity contribution is 5.85. The topological polar surface area (TPSA) is 41.5 Å². The number of hydrogen-bond acceptors (Lipinski definition) is 3. The molecule has 0 aliphatic heterocycles. The molecule has 0 aromatic heterocycles. The van der Waals surface area contributed by atoms with Gasteiger partial charge in [-0.3, -0.25) is 0 Å². The third-order valence-electron chi connectivity index (χ3n) is 3.17. The van der Waals surface area contributed by atoms with Crippen LogP contribution < -0.4 is 10.1 Å². The molecule has 110 valence electrons. The summed E-state index contributed by atoms with van der Waals surface area (Å²) in [6.45, 7) is 9.84. The number of benzene rings is 1. The molecule has 1 rings (SSSR count). The van der Waals surface area contributed by atoms with E-state index in [9.17, 15) is 5.11 Å². The summed E-state index contributed by atoms with van der Waals surface area (Å²) in [6, 6.07) is 6.29. The Morgan fingerprint density at radius 3 is 2.26 bits per heavy atom. The molecule has 1 atom stereocenters. The van der Waals surface area contributed by atoms with Crippen molar-refractivity contribution in [2.75, 3.05) is 19.8 Å². The van der Waals surface area contributed by atoms with Crippen LogP contribution in [0.1, 0.15) is 25.0 Å². The maximum atomic E-state index is 9.20. The minimum Gasteiger partial charge on any atom is -0.492 e. The Labute approximate surface area is 122 Å². The van der Waals surface area contributed by atoms with Crippen LogP contribution >= 0.6 is 12.4 Å². The first kappa shape index (κ1) is 18.2. The van der Waals surface area contributed by atoms with Crippen molar-refractivity contribution in [3.05, 3.63) is 29.3 Å². The van der Waals surface area contributed by atoms with Crippen LogP contribution in [-0.4, -0.2) is 30.9 Å². The summed E-state index contributed by atoms with van der Waals surface area (Å²) in [6.07, 6.45) is 0. The summed E-state index contributed by atoms with van der Waals surface area (Å²) in [5.74, 6) is 1.40. The Kier molecular flexibility index (Phi) is 8.81. The van der Waals surface area contributed by atoms with E-state index in [1.165, 1.54) is 0 Å². The molecule has 0 bridgehead atoms. The predicted octanol–water partition coefficient (Wildman–Crippen LogP) is 2.71. The molecule has 0 saturated heterocycles. The highest BCUT2D eigenvalue weighted by atomic mass is 35.5. The zero-order valence-electron chi connectivity index (χ0n) is 12.3. The monoisotopic (exact) mass is 287 g/mol. The van der Waals surface area contributed by atoms with E-state index < -0.39 is 0 Å². The van der Waals surface area contributed by atoms with Crippen LogP contribution in [0.25, 0.3) is 0 Å². The number of para-hydroxylation sites is 1. The summed E-state index contributed by atoms with van der Waals surface area (Å²) in [5, 5.41) is 12.5. The fraction of sp³-hybridized carbons (Fsp3) is 0.600. The van der Waals surface area contributed by atoms with E-state index >= 15 is 0 Å². The second-order valence-corrected chi connectivity index (χ2v) is 5.06. The number of nitrogens with one attached hydrogen (secondary N) is 1. The minimum absolute atomic E-state index is 0. The molecule has 2 N–H and O–H groups in total. The van der Waals surface area contributed by atoms with Crippen LogP contribution in [0.5, 0.6) is 5.75 Å². The molecule has 0 radical (unpaired) electrons. The first-order valence-electron chi connectivity index (χ1n) is 6.59. The predicted molar refractivity (Wildman–Crippen MR) is 82.4 cm³/mol. The Balaban J connectivity index is 0.00000324. The molecule has 0 unspecified atom stereocenters. The van der Waals surface area contributed by atoms with E-state index in [2.05, 4.69) is 45.1 Å². The van der Waals surface area contributed by atoms with Crippen LogP contribution in [-0.2, 0) is 0 Å². The average Bonchev–Trinajstić information content (AvgIpc) is 2.31. The molecule has 0 amide bonds. The summed E-state index contributed by atoms with van der Waals surface area (Å²) in [5.41, 5.74) is 2.33. The molecule has 4 heteroatoms. The summed E-state index contributed by atoms with van der Waals surface area (Å²) < 4.78 is 5.80. The second-order valence-electron chi connectivity index (χ2n) is 5.06. The van der Waals surface area contributed by atoms with Crippen LogP contribution in [0.4, 0.5) is 0 Å². The lowest BCUT2D eigenvalue weighted by Crippen LogP contribution is -2.39. The summed E-state index contributed by atoms with van der Waals surface area (Å²) in [4.78, 5) is 0. The van der Waals surface area contributed by atoms with Crippen molar-refractivity contribution in [2.24, 2.45) is 5.92 Å². The Bertz CT molecular complexity index is 349. The lowest BCUT2D eigenvalue weighted by molar-refractivity contribution is 0.201. The van der Waals surface area contributed by atoms with E-state index in [1.807, 2.05) is 6.07 Å². The molecule has 0 fully saturated rings. The maximum Gasteiger partial charge on any atom is 0.125 e. The molecule has 1 aromatic rings. The molecular weight excluding hydrogens is 262 g/mol. The van der Waals surface area contributed by atoms with Gasteiger partial charge in [0.25, 0.3) is 0 Å². The van der Waals surface area contributed by atoms with E-state index in [0.717, 1.165) is 23.4 Å². The van der Waals surface area contributed by atoms with Gasteiger partial charge in [-0.25, -0.2) is 0 Å². The first-order valence-corrected chi connectivity index (χ1v) is 6.59. The SMILES string of the molecule is Cc1cccc(C)c1OCCN[C@H](CO)C(C)C.Cl. The molecule has 0 heterocycles. The van der Waals surface area contributed by atoms with Gasteiger partial charge in [-0.1, -0.05) is 32.0 Å². The van der Waals surface area contributed by atoms with Gasteiger partial charge in [-0.15, -0.1) is 12.4 Å². The zero-order valence-corrected chi connectivity index (χ0v) is 13.1. The quantitative estimate of drug-likeness (QED) is 0.758. The summed E-state index contributed by atoms with van der Waals surface area (Å²) in [7, 11) is 0. The number of ether oxygens (including phenoxy) is 1. The number of halogens is 1. The Hall–Kier alpha value is -0.770. The van der Waals surface area contributed by atoms with Gasteiger partial charge in [0.2, 0.25) is 0 Å². The first-order chi connectivity index (χ1) is 8.56. The number of aryl methyl sites for hydroxylation is 2. The standard InChI is InChI=1S/C15H25NO2.ClH/c1-11(2)14(10-17)16-8-9-18-15-12(3)6-5-7-13(15)4;/h5-7,11,14,16-17H,8-10H2,1-4H3;1H/t14-;/m1./s1. The summed E-state index contributed by atoms with van der Waals surface area (Å²) >= 11 is 0. The van der Waals surface area contributed by atoms with E-state index in [1.54, 1.807) is 0 Å². The normalized spacial score (nSPS) is 12.1. The van der Waals surface area contributed by atoms with Crippen LogP contribution in [0.15, 0.2) is 18.2 Å².